The number of phosphoric ester groups is 1. The maximum atomic E-state index is 12.7. The molecule has 1 fully saturated rings. The van der Waals surface area contributed by atoms with Crippen molar-refractivity contribution in [1.82, 2.24) is 0 Å². The predicted molar refractivity (Wildman–Crippen MR) is 92.7 cm³/mol. The summed E-state index contributed by atoms with van der Waals surface area (Å²) in [6, 6.07) is 0. The van der Waals surface area contributed by atoms with Gasteiger partial charge in [-0.15, -0.1) is 0 Å². The summed E-state index contributed by atoms with van der Waals surface area (Å²) >= 11 is 0. The number of hydrogen-bond acceptors (Lipinski definition) is 6. The highest BCUT2D eigenvalue weighted by molar-refractivity contribution is 7.48. The van der Waals surface area contributed by atoms with E-state index in [1.54, 1.807) is 0 Å². The Morgan fingerprint density at radius 3 is 1.96 bits per heavy atom. The zero-order valence-electron chi connectivity index (χ0n) is 15.3. The van der Waals surface area contributed by atoms with E-state index in [9.17, 15) is 9.36 Å². The molecule has 0 saturated heterocycles. The normalized spacial score (nSPS) is 21.6. The van der Waals surface area contributed by atoms with Crippen LogP contribution in [0.2, 0.25) is 0 Å². The number of unbranched alkanes of at least 4 members (excludes halogenated alkanes) is 2. The second-order valence-electron chi connectivity index (χ2n) is 6.36. The maximum Gasteiger partial charge on any atom is 0.474 e. The van der Waals surface area contributed by atoms with Gasteiger partial charge in [-0.05, 0) is 44.4 Å². The highest BCUT2D eigenvalue weighted by atomic mass is 31.2. The summed E-state index contributed by atoms with van der Waals surface area (Å²) in [6.45, 7) is 5.22. The smallest absolute Gasteiger partial charge is 0.469 e. The number of ether oxygens (including phenoxy) is 1. The first-order chi connectivity index (χ1) is 11.5. The molecular formula is C17H33O6P. The predicted octanol–water partition coefficient (Wildman–Crippen LogP) is 4.72. The third-order valence-corrected chi connectivity index (χ3v) is 5.81. The van der Waals surface area contributed by atoms with E-state index >= 15 is 0 Å². The molecule has 0 unspecified atom stereocenters. The van der Waals surface area contributed by atoms with E-state index in [1.165, 1.54) is 7.11 Å². The minimum Gasteiger partial charge on any atom is -0.469 e. The molecule has 1 saturated carbocycles. The molecule has 0 aliphatic heterocycles. The first-order valence-corrected chi connectivity index (χ1v) is 10.6. The maximum absolute atomic E-state index is 12.7. The monoisotopic (exact) mass is 364 g/mol. The third kappa shape index (κ3) is 8.11. The highest BCUT2D eigenvalue weighted by Crippen LogP contribution is 2.50. The zero-order valence-corrected chi connectivity index (χ0v) is 16.2. The van der Waals surface area contributed by atoms with Gasteiger partial charge in [-0.25, -0.2) is 4.57 Å². The van der Waals surface area contributed by atoms with Gasteiger partial charge in [0.25, 0.3) is 0 Å². The number of phosphoric acid groups is 1. The second-order valence-corrected chi connectivity index (χ2v) is 8.03. The molecule has 0 aromatic heterocycles. The van der Waals surface area contributed by atoms with Crippen LogP contribution in [0.4, 0.5) is 0 Å². The number of hydrogen-bond donors (Lipinski definition) is 0. The van der Waals surface area contributed by atoms with E-state index in [0.29, 0.717) is 19.8 Å². The quantitative estimate of drug-likeness (QED) is 0.283. The van der Waals surface area contributed by atoms with Gasteiger partial charge in [-0.2, -0.15) is 0 Å². The van der Waals surface area contributed by atoms with Gasteiger partial charge in [0.2, 0.25) is 0 Å². The van der Waals surface area contributed by atoms with Crippen LogP contribution in [0.15, 0.2) is 0 Å². The fourth-order valence-corrected chi connectivity index (χ4v) is 4.00. The van der Waals surface area contributed by atoms with Crippen LogP contribution in [0, 0.1) is 11.8 Å². The van der Waals surface area contributed by atoms with Crippen molar-refractivity contribution in [3.8, 4) is 0 Å². The average molecular weight is 364 g/mol. The van der Waals surface area contributed by atoms with Gasteiger partial charge < -0.3 is 4.74 Å². The molecule has 0 aromatic rings. The molecule has 1 aliphatic rings. The first kappa shape index (κ1) is 21.6. The van der Waals surface area contributed by atoms with E-state index in [1.807, 2.05) is 13.8 Å². The molecule has 1 rings (SSSR count). The van der Waals surface area contributed by atoms with Gasteiger partial charge >= 0.3 is 13.8 Å². The molecule has 0 aromatic carbocycles. The number of esters is 1. The Labute approximate surface area is 146 Å². The molecule has 24 heavy (non-hydrogen) atoms. The van der Waals surface area contributed by atoms with Crippen molar-refractivity contribution >= 4 is 13.8 Å². The lowest BCUT2D eigenvalue weighted by Gasteiger charge is -2.27. The van der Waals surface area contributed by atoms with Crippen molar-refractivity contribution in [2.45, 2.75) is 65.2 Å². The Balaban J connectivity index is 2.40. The van der Waals surface area contributed by atoms with Gasteiger partial charge in [0.05, 0.1) is 32.8 Å². The molecule has 0 radical (unpaired) electrons. The summed E-state index contributed by atoms with van der Waals surface area (Å²) in [5, 5.41) is 0. The molecule has 0 N–H and O–H groups in total. The number of rotatable bonds is 12. The topological polar surface area (TPSA) is 71.1 Å². The van der Waals surface area contributed by atoms with E-state index in [-0.39, 0.29) is 17.8 Å². The van der Waals surface area contributed by atoms with Crippen LogP contribution in [0.1, 0.15) is 65.2 Å². The van der Waals surface area contributed by atoms with Crippen LogP contribution in [-0.4, -0.2) is 32.9 Å². The fourth-order valence-electron chi connectivity index (χ4n) is 2.68. The van der Waals surface area contributed by atoms with Gasteiger partial charge in [-0.3, -0.25) is 18.4 Å². The molecule has 6 nitrogen and oxygen atoms in total. The average Bonchev–Trinajstić information content (AvgIpc) is 2.60. The van der Waals surface area contributed by atoms with Crippen molar-refractivity contribution in [2.24, 2.45) is 11.8 Å². The van der Waals surface area contributed by atoms with Gasteiger partial charge in [0, 0.05) is 0 Å². The van der Waals surface area contributed by atoms with Crippen molar-refractivity contribution in [2.75, 3.05) is 26.9 Å². The Kier molecular flexibility index (Phi) is 10.8. The second kappa shape index (κ2) is 12.0. The first-order valence-electron chi connectivity index (χ1n) is 9.16. The Morgan fingerprint density at radius 2 is 1.50 bits per heavy atom. The van der Waals surface area contributed by atoms with Crippen LogP contribution >= 0.6 is 7.82 Å². The Bertz CT molecular complexity index is 379. The summed E-state index contributed by atoms with van der Waals surface area (Å²) in [6.07, 6.45) is 6.90. The molecule has 0 bridgehead atoms. The van der Waals surface area contributed by atoms with Gasteiger partial charge in [0.15, 0.2) is 0 Å². The van der Waals surface area contributed by atoms with Crippen LogP contribution in [0.3, 0.4) is 0 Å². The van der Waals surface area contributed by atoms with Crippen molar-refractivity contribution < 1.29 is 27.7 Å². The summed E-state index contributed by atoms with van der Waals surface area (Å²) in [5.41, 5.74) is 0. The lowest BCUT2D eigenvalue weighted by molar-refractivity contribution is -0.146. The van der Waals surface area contributed by atoms with Crippen LogP contribution < -0.4 is 0 Å². The summed E-state index contributed by atoms with van der Waals surface area (Å²) in [5.74, 6) is 0.134. The number of carbonyl (C=O) groups excluding carboxylic acids is 1. The lowest BCUT2D eigenvalue weighted by Crippen LogP contribution is -2.24. The van der Waals surface area contributed by atoms with Gasteiger partial charge in [-0.1, -0.05) is 26.7 Å². The summed E-state index contributed by atoms with van der Waals surface area (Å²) in [4.78, 5) is 11.5. The molecule has 0 atom stereocenters. The highest BCUT2D eigenvalue weighted by Gasteiger charge is 2.31. The summed E-state index contributed by atoms with van der Waals surface area (Å²) < 4.78 is 33.9. The van der Waals surface area contributed by atoms with E-state index < -0.39 is 7.82 Å². The Morgan fingerprint density at radius 1 is 0.958 bits per heavy atom. The number of methoxy groups -OCH3 is 1. The van der Waals surface area contributed by atoms with Crippen LogP contribution in [0.5, 0.6) is 0 Å². The molecular weight excluding hydrogens is 331 g/mol. The molecule has 0 amide bonds. The molecule has 0 spiro atoms. The van der Waals surface area contributed by atoms with Crippen LogP contribution in [0.25, 0.3) is 0 Å². The third-order valence-electron chi connectivity index (χ3n) is 4.34. The van der Waals surface area contributed by atoms with E-state index in [0.717, 1.165) is 51.4 Å². The molecule has 142 valence electrons. The fraction of sp³-hybridized carbons (Fsp3) is 0.941. The largest absolute Gasteiger partial charge is 0.474 e. The molecule has 1 aliphatic carbocycles. The van der Waals surface area contributed by atoms with E-state index in [2.05, 4.69) is 0 Å². The van der Waals surface area contributed by atoms with Crippen molar-refractivity contribution in [3.05, 3.63) is 0 Å². The van der Waals surface area contributed by atoms with Gasteiger partial charge in [0.1, 0.15) is 0 Å². The molecule has 7 heteroatoms. The Hall–Kier alpha value is -0.420. The molecule has 0 heterocycles. The van der Waals surface area contributed by atoms with Crippen molar-refractivity contribution in [3.63, 3.8) is 0 Å². The standard InChI is InChI=1S/C17H33O6P/c1-4-6-12-21-24(19,22-13-7-5-2)23-14-15-8-10-16(11-9-15)17(18)20-3/h15-16H,4-14H2,1-3H3/t15-,16-. The van der Waals surface area contributed by atoms with Crippen molar-refractivity contribution in [1.29, 1.82) is 0 Å². The number of carbonyl (C=O) groups is 1. The van der Waals surface area contributed by atoms with Crippen LogP contribution in [-0.2, 0) is 27.7 Å². The zero-order chi connectivity index (χ0) is 17.8. The summed E-state index contributed by atoms with van der Waals surface area (Å²) in [7, 11) is -2.05. The lowest BCUT2D eigenvalue weighted by atomic mass is 9.82. The minimum absolute atomic E-state index is 0.0142. The van der Waals surface area contributed by atoms with E-state index in [4.69, 9.17) is 18.3 Å². The SMILES string of the molecule is CCCCOP(=O)(OCCCC)OC[C@H]1CC[C@H](C(=O)OC)CC1. The minimum atomic E-state index is -3.48.